The molecule has 0 saturated carbocycles. The number of hydrogen-bond acceptors (Lipinski definition) is 7. The Labute approximate surface area is 223 Å². The molecule has 11 heteroatoms. The van der Waals surface area contributed by atoms with Gasteiger partial charge in [-0.15, -0.1) is 0 Å². The van der Waals surface area contributed by atoms with E-state index in [4.69, 9.17) is 14.2 Å². The highest BCUT2D eigenvalue weighted by molar-refractivity contribution is 14.1. The Morgan fingerprint density at radius 2 is 1.97 bits per heavy atom. The molecule has 1 aliphatic heterocycles. The molecule has 0 unspecified atom stereocenters. The minimum absolute atomic E-state index is 0.0570. The van der Waals surface area contributed by atoms with Gasteiger partial charge in [0.15, 0.2) is 18.1 Å². The van der Waals surface area contributed by atoms with Crippen LogP contribution in [0.5, 0.6) is 11.5 Å². The first-order valence-electron chi connectivity index (χ1n) is 11.4. The lowest BCUT2D eigenvalue weighted by Crippen LogP contribution is -2.41. The molecule has 3 amide bonds. The third-order valence-corrected chi connectivity index (χ3v) is 6.29. The van der Waals surface area contributed by atoms with Gasteiger partial charge >= 0.3 is 11.8 Å². The predicted octanol–water partition coefficient (Wildman–Crippen LogP) is 2.68. The van der Waals surface area contributed by atoms with Crippen LogP contribution in [0.1, 0.15) is 29.5 Å². The van der Waals surface area contributed by atoms with E-state index in [9.17, 15) is 14.4 Å². The Bertz CT molecular complexity index is 1150. The summed E-state index contributed by atoms with van der Waals surface area (Å²) in [6, 6.07) is 9.07. The summed E-state index contributed by atoms with van der Waals surface area (Å²) < 4.78 is 17.2. The van der Waals surface area contributed by atoms with Crippen molar-refractivity contribution in [2.75, 3.05) is 32.2 Å². The zero-order chi connectivity index (χ0) is 26.1. The number of rotatable bonds is 9. The molecule has 1 fully saturated rings. The number of aryl methyl sites for hydroxylation is 2. The summed E-state index contributed by atoms with van der Waals surface area (Å²) in [6.07, 6.45) is 3.13. The molecule has 2 aromatic rings. The summed E-state index contributed by atoms with van der Waals surface area (Å²) in [6.45, 7) is 4.74. The molecule has 1 atom stereocenters. The molecule has 0 spiro atoms. The Balaban J connectivity index is 1.53. The van der Waals surface area contributed by atoms with Gasteiger partial charge in [0, 0.05) is 18.8 Å². The summed E-state index contributed by atoms with van der Waals surface area (Å²) in [5.74, 6) is -1.16. The average molecular weight is 608 g/mol. The Morgan fingerprint density at radius 3 is 2.67 bits per heavy atom. The third kappa shape index (κ3) is 7.92. The predicted molar refractivity (Wildman–Crippen MR) is 143 cm³/mol. The first kappa shape index (κ1) is 27.4. The van der Waals surface area contributed by atoms with Crippen molar-refractivity contribution in [3.63, 3.8) is 0 Å². The lowest BCUT2D eigenvalue weighted by atomic mass is 10.1. The van der Waals surface area contributed by atoms with Crippen LogP contribution in [0.3, 0.4) is 0 Å². The van der Waals surface area contributed by atoms with E-state index < -0.39 is 11.8 Å². The van der Waals surface area contributed by atoms with Crippen LogP contribution in [0.25, 0.3) is 0 Å². The van der Waals surface area contributed by atoms with Crippen molar-refractivity contribution in [2.24, 2.45) is 5.10 Å². The molecule has 192 valence electrons. The molecular weight excluding hydrogens is 579 g/mol. The van der Waals surface area contributed by atoms with Gasteiger partial charge < -0.3 is 24.8 Å². The van der Waals surface area contributed by atoms with E-state index in [-0.39, 0.29) is 25.2 Å². The minimum atomic E-state index is -0.874. The number of hydrogen-bond donors (Lipinski definition) is 3. The molecule has 1 aliphatic rings. The highest BCUT2D eigenvalue weighted by atomic mass is 127. The van der Waals surface area contributed by atoms with Gasteiger partial charge in [0.25, 0.3) is 5.91 Å². The Morgan fingerprint density at radius 1 is 1.17 bits per heavy atom. The summed E-state index contributed by atoms with van der Waals surface area (Å²) in [4.78, 5) is 36.2. The Hall–Kier alpha value is -3.19. The van der Waals surface area contributed by atoms with Crippen LogP contribution in [0.2, 0.25) is 0 Å². The Kier molecular flexibility index (Phi) is 10.1. The number of halogens is 1. The molecule has 0 aromatic heterocycles. The van der Waals surface area contributed by atoms with Gasteiger partial charge in [0.1, 0.15) is 0 Å². The van der Waals surface area contributed by atoms with E-state index in [1.54, 1.807) is 12.1 Å². The molecule has 0 bridgehead atoms. The van der Waals surface area contributed by atoms with Crippen LogP contribution >= 0.6 is 22.6 Å². The lowest BCUT2D eigenvalue weighted by Gasteiger charge is -2.14. The number of amides is 3. The zero-order valence-electron chi connectivity index (χ0n) is 20.4. The maximum Gasteiger partial charge on any atom is 0.329 e. The van der Waals surface area contributed by atoms with Gasteiger partial charge in [-0.05, 0) is 90.2 Å². The van der Waals surface area contributed by atoms with E-state index in [1.165, 1.54) is 13.3 Å². The second-order valence-electron chi connectivity index (χ2n) is 8.21. The highest BCUT2D eigenvalue weighted by Crippen LogP contribution is 2.33. The number of carbonyl (C=O) groups excluding carboxylic acids is 3. The summed E-state index contributed by atoms with van der Waals surface area (Å²) in [7, 11) is 1.48. The number of anilines is 1. The van der Waals surface area contributed by atoms with Crippen LogP contribution in [-0.2, 0) is 19.1 Å². The van der Waals surface area contributed by atoms with Gasteiger partial charge in [0.2, 0.25) is 0 Å². The van der Waals surface area contributed by atoms with Gasteiger partial charge in [-0.2, -0.15) is 5.10 Å². The molecule has 0 radical (unpaired) electrons. The van der Waals surface area contributed by atoms with Crippen molar-refractivity contribution < 1.29 is 28.6 Å². The molecular formula is C25H29IN4O6. The van der Waals surface area contributed by atoms with Crippen LogP contribution in [0.4, 0.5) is 5.69 Å². The average Bonchev–Trinajstić information content (AvgIpc) is 3.37. The number of hydrazone groups is 1. The van der Waals surface area contributed by atoms with Crippen LogP contribution in [0.15, 0.2) is 35.4 Å². The molecule has 36 heavy (non-hydrogen) atoms. The fraction of sp³-hybridized carbons (Fsp3) is 0.360. The monoisotopic (exact) mass is 608 g/mol. The third-order valence-electron chi connectivity index (χ3n) is 5.49. The molecule has 3 rings (SSSR count). The van der Waals surface area contributed by atoms with E-state index in [0.717, 1.165) is 24.0 Å². The van der Waals surface area contributed by atoms with E-state index in [0.29, 0.717) is 32.9 Å². The number of ether oxygens (including phenoxy) is 3. The first-order valence-corrected chi connectivity index (χ1v) is 12.4. The quantitative estimate of drug-likeness (QED) is 0.174. The number of nitrogens with one attached hydrogen (secondary N) is 3. The van der Waals surface area contributed by atoms with Gasteiger partial charge in [-0.1, -0.05) is 6.07 Å². The highest BCUT2D eigenvalue weighted by Gasteiger charge is 2.19. The first-order chi connectivity index (χ1) is 17.3. The smallest absolute Gasteiger partial charge is 0.329 e. The van der Waals surface area contributed by atoms with Crippen molar-refractivity contribution in [2.45, 2.75) is 32.8 Å². The van der Waals surface area contributed by atoms with Crippen LogP contribution in [-0.4, -0.2) is 56.9 Å². The van der Waals surface area contributed by atoms with Crippen molar-refractivity contribution in [1.29, 1.82) is 0 Å². The molecule has 0 aliphatic carbocycles. The van der Waals surface area contributed by atoms with E-state index in [1.807, 2.05) is 32.0 Å². The topological polar surface area (TPSA) is 127 Å². The largest absolute Gasteiger partial charge is 0.493 e. The summed E-state index contributed by atoms with van der Waals surface area (Å²) in [5.41, 5.74) is 5.72. The van der Waals surface area contributed by atoms with Crippen LogP contribution in [0, 0.1) is 17.4 Å². The standard InChI is InChI=1S/C25H29IN4O6/c1-15-6-7-18(9-16(15)2)29-22(31)14-36-23-20(26)10-17(11-21(23)34-3)12-28-30-25(33)24(32)27-13-19-5-4-8-35-19/h6-7,9-12,19H,4-5,8,13-14H2,1-3H3,(H,27,32)(H,29,31)(H,30,33)/b28-12-/t19-/m1/s1. The SMILES string of the molecule is COc1cc(/C=N\NC(=O)C(=O)NC[C@H]2CCCO2)cc(I)c1OCC(=O)Nc1ccc(C)c(C)c1. The number of nitrogens with zero attached hydrogens (tertiary/aromatic N) is 1. The second-order valence-corrected chi connectivity index (χ2v) is 9.38. The fourth-order valence-electron chi connectivity index (χ4n) is 3.42. The zero-order valence-corrected chi connectivity index (χ0v) is 22.5. The lowest BCUT2D eigenvalue weighted by molar-refractivity contribution is -0.139. The number of benzene rings is 2. The fourth-order valence-corrected chi connectivity index (χ4v) is 4.20. The maximum atomic E-state index is 12.4. The molecule has 1 saturated heterocycles. The van der Waals surface area contributed by atoms with Crippen molar-refractivity contribution in [3.8, 4) is 11.5 Å². The normalized spacial score (nSPS) is 14.9. The summed E-state index contributed by atoms with van der Waals surface area (Å²) >= 11 is 2.06. The molecule has 2 aromatic carbocycles. The summed E-state index contributed by atoms with van der Waals surface area (Å²) in [5, 5.41) is 9.19. The van der Waals surface area contributed by atoms with Gasteiger partial charge in [-0.3, -0.25) is 14.4 Å². The second kappa shape index (κ2) is 13.2. The van der Waals surface area contributed by atoms with E-state index in [2.05, 4.69) is 43.8 Å². The number of methoxy groups -OCH3 is 1. The molecule has 1 heterocycles. The molecule has 3 N–H and O–H groups in total. The number of carbonyl (C=O) groups is 3. The van der Waals surface area contributed by atoms with Crippen molar-refractivity contribution in [3.05, 3.63) is 50.6 Å². The molecule has 10 nitrogen and oxygen atoms in total. The van der Waals surface area contributed by atoms with E-state index >= 15 is 0 Å². The van der Waals surface area contributed by atoms with Crippen LogP contribution < -0.4 is 25.5 Å². The van der Waals surface area contributed by atoms with Crippen molar-refractivity contribution >= 4 is 52.2 Å². The maximum absolute atomic E-state index is 12.4. The van der Waals surface area contributed by atoms with Gasteiger partial charge in [-0.25, -0.2) is 5.43 Å². The minimum Gasteiger partial charge on any atom is -0.493 e. The van der Waals surface area contributed by atoms with Gasteiger partial charge in [0.05, 0.1) is 23.0 Å². The van der Waals surface area contributed by atoms with Crippen molar-refractivity contribution in [1.82, 2.24) is 10.7 Å².